The Kier molecular flexibility index (Phi) is 4.49. The summed E-state index contributed by atoms with van der Waals surface area (Å²) in [6.45, 7) is 0. The van der Waals surface area contributed by atoms with Gasteiger partial charge in [-0.2, -0.15) is 0 Å². The van der Waals surface area contributed by atoms with Crippen molar-refractivity contribution in [2.45, 2.75) is 31.4 Å². The molecule has 0 bridgehead atoms. The first-order valence-corrected chi connectivity index (χ1v) is 6.93. The predicted octanol–water partition coefficient (Wildman–Crippen LogP) is 1.95. The number of amides is 1. The minimum absolute atomic E-state index is 0.0427. The lowest BCUT2D eigenvalue weighted by Gasteiger charge is -2.22. The summed E-state index contributed by atoms with van der Waals surface area (Å²) >= 11 is 0. The van der Waals surface area contributed by atoms with Gasteiger partial charge in [0.25, 0.3) is 5.91 Å². The van der Waals surface area contributed by atoms with E-state index in [-0.39, 0.29) is 18.1 Å². The minimum atomic E-state index is -0.0427. The highest BCUT2D eigenvalue weighted by molar-refractivity contribution is 5.95. The van der Waals surface area contributed by atoms with Gasteiger partial charge in [0.1, 0.15) is 0 Å². The third-order valence-corrected chi connectivity index (χ3v) is 3.80. The zero-order chi connectivity index (χ0) is 14.7. The maximum Gasteiger partial charge on any atom is 0.253 e. The van der Waals surface area contributed by atoms with E-state index in [0.29, 0.717) is 11.3 Å². The van der Waals surface area contributed by atoms with Crippen LogP contribution in [0, 0.1) is 0 Å². The summed E-state index contributed by atoms with van der Waals surface area (Å²) in [5.41, 5.74) is 8.12. The van der Waals surface area contributed by atoms with Gasteiger partial charge in [0, 0.05) is 26.8 Å². The third-order valence-electron chi connectivity index (χ3n) is 3.80. The maximum atomic E-state index is 11.9. The van der Waals surface area contributed by atoms with Crippen molar-refractivity contribution in [2.75, 3.05) is 32.3 Å². The summed E-state index contributed by atoms with van der Waals surface area (Å²) < 4.78 is 5.47. The lowest BCUT2D eigenvalue weighted by Crippen LogP contribution is -2.30. The number of nitrogens with one attached hydrogen (secondary N) is 1. The van der Waals surface area contributed by atoms with Gasteiger partial charge in [0.05, 0.1) is 23.5 Å². The van der Waals surface area contributed by atoms with Crippen LogP contribution in [0.4, 0.5) is 11.4 Å². The molecule has 0 heterocycles. The maximum absolute atomic E-state index is 11.9. The Morgan fingerprint density at radius 1 is 1.40 bits per heavy atom. The third kappa shape index (κ3) is 3.04. The number of nitrogens with zero attached hydrogens (tertiary/aromatic N) is 1. The summed E-state index contributed by atoms with van der Waals surface area (Å²) in [4.78, 5) is 13.4. The molecule has 5 heteroatoms. The number of ether oxygens (including phenoxy) is 1. The van der Waals surface area contributed by atoms with Crippen molar-refractivity contribution in [3.05, 3.63) is 23.8 Å². The summed E-state index contributed by atoms with van der Waals surface area (Å²) in [5.74, 6) is -0.0427. The second-order valence-corrected chi connectivity index (χ2v) is 5.46. The first kappa shape index (κ1) is 14.7. The quantitative estimate of drug-likeness (QED) is 0.825. The molecule has 0 radical (unpaired) electrons. The molecule has 2 unspecified atom stereocenters. The fourth-order valence-electron chi connectivity index (χ4n) is 2.66. The van der Waals surface area contributed by atoms with Gasteiger partial charge >= 0.3 is 0 Å². The van der Waals surface area contributed by atoms with Crippen LogP contribution in [0.5, 0.6) is 0 Å². The lowest BCUT2D eigenvalue weighted by atomic mass is 10.1. The Morgan fingerprint density at radius 3 is 2.75 bits per heavy atom. The van der Waals surface area contributed by atoms with Crippen LogP contribution in [-0.4, -0.2) is 44.2 Å². The van der Waals surface area contributed by atoms with Gasteiger partial charge in [0.15, 0.2) is 0 Å². The average Bonchev–Trinajstić information content (AvgIpc) is 2.87. The number of carbonyl (C=O) groups excluding carboxylic acids is 1. The largest absolute Gasteiger partial charge is 0.397 e. The number of nitrogen functional groups attached to an aromatic ring is 1. The van der Waals surface area contributed by atoms with Gasteiger partial charge in [-0.15, -0.1) is 0 Å². The summed E-state index contributed by atoms with van der Waals surface area (Å²) in [6, 6.07) is 5.69. The molecule has 2 atom stereocenters. The molecule has 0 spiro atoms. The molecular weight excluding hydrogens is 254 g/mol. The highest BCUT2D eigenvalue weighted by atomic mass is 16.5. The number of anilines is 2. The molecule has 0 saturated heterocycles. The van der Waals surface area contributed by atoms with Crippen LogP contribution < -0.4 is 11.1 Å². The van der Waals surface area contributed by atoms with Gasteiger partial charge in [-0.25, -0.2) is 0 Å². The molecule has 1 saturated carbocycles. The van der Waals surface area contributed by atoms with Gasteiger partial charge in [0.2, 0.25) is 0 Å². The molecule has 1 aliphatic rings. The van der Waals surface area contributed by atoms with Crippen molar-refractivity contribution >= 4 is 17.3 Å². The van der Waals surface area contributed by atoms with Crippen molar-refractivity contribution in [3.63, 3.8) is 0 Å². The van der Waals surface area contributed by atoms with Crippen LogP contribution >= 0.6 is 0 Å². The van der Waals surface area contributed by atoms with E-state index in [1.54, 1.807) is 38.2 Å². The standard InChI is InChI=1S/C15H23N3O2/c1-18(2)15(19)10-7-8-12(11(16)9-10)17-13-5-4-6-14(13)20-3/h7-9,13-14,17H,4-6,16H2,1-3H3. The molecule has 1 aliphatic carbocycles. The van der Waals surface area contributed by atoms with Crippen LogP contribution in [-0.2, 0) is 4.74 Å². The Bertz CT molecular complexity index is 488. The van der Waals surface area contributed by atoms with E-state index in [0.717, 1.165) is 24.9 Å². The Labute approximate surface area is 120 Å². The fraction of sp³-hybridized carbons (Fsp3) is 0.533. The number of hydrogen-bond acceptors (Lipinski definition) is 4. The van der Waals surface area contributed by atoms with Gasteiger partial charge in [-0.3, -0.25) is 4.79 Å². The van der Waals surface area contributed by atoms with E-state index >= 15 is 0 Å². The highest BCUT2D eigenvalue weighted by Gasteiger charge is 2.27. The van der Waals surface area contributed by atoms with Crippen LogP contribution in [0.1, 0.15) is 29.6 Å². The molecule has 20 heavy (non-hydrogen) atoms. The molecule has 2 rings (SSSR count). The van der Waals surface area contributed by atoms with E-state index in [1.165, 1.54) is 0 Å². The second-order valence-electron chi connectivity index (χ2n) is 5.46. The van der Waals surface area contributed by atoms with Crippen molar-refractivity contribution in [2.24, 2.45) is 0 Å². The molecule has 0 aromatic heterocycles. The minimum Gasteiger partial charge on any atom is -0.397 e. The summed E-state index contributed by atoms with van der Waals surface area (Å²) in [5, 5.41) is 3.43. The number of rotatable bonds is 4. The summed E-state index contributed by atoms with van der Waals surface area (Å²) in [6.07, 6.45) is 3.55. The first-order chi connectivity index (χ1) is 9.52. The lowest BCUT2D eigenvalue weighted by molar-refractivity contribution is 0.0827. The van der Waals surface area contributed by atoms with Crippen molar-refractivity contribution in [1.82, 2.24) is 4.90 Å². The molecular formula is C15H23N3O2. The summed E-state index contributed by atoms with van der Waals surface area (Å²) in [7, 11) is 5.20. The molecule has 3 N–H and O–H groups in total. The monoisotopic (exact) mass is 277 g/mol. The van der Waals surface area contributed by atoms with E-state index in [9.17, 15) is 4.79 Å². The number of methoxy groups -OCH3 is 1. The smallest absolute Gasteiger partial charge is 0.253 e. The topological polar surface area (TPSA) is 67.6 Å². The Balaban J connectivity index is 2.12. The van der Waals surface area contributed by atoms with Crippen molar-refractivity contribution < 1.29 is 9.53 Å². The molecule has 1 amide bonds. The fourth-order valence-corrected chi connectivity index (χ4v) is 2.66. The molecule has 5 nitrogen and oxygen atoms in total. The van der Waals surface area contributed by atoms with Crippen LogP contribution in [0.15, 0.2) is 18.2 Å². The zero-order valence-corrected chi connectivity index (χ0v) is 12.3. The van der Waals surface area contributed by atoms with Gasteiger partial charge in [-0.1, -0.05) is 0 Å². The normalized spacial score (nSPS) is 21.8. The number of carbonyl (C=O) groups is 1. The molecule has 1 aromatic rings. The van der Waals surface area contributed by atoms with Crippen molar-refractivity contribution in [3.8, 4) is 0 Å². The van der Waals surface area contributed by atoms with Crippen molar-refractivity contribution in [1.29, 1.82) is 0 Å². The molecule has 110 valence electrons. The average molecular weight is 277 g/mol. The van der Waals surface area contributed by atoms with Crippen LogP contribution in [0.3, 0.4) is 0 Å². The number of hydrogen-bond donors (Lipinski definition) is 2. The zero-order valence-electron chi connectivity index (χ0n) is 12.3. The Hall–Kier alpha value is -1.75. The number of nitrogens with two attached hydrogens (primary N) is 1. The van der Waals surface area contributed by atoms with Gasteiger partial charge in [-0.05, 0) is 37.5 Å². The molecule has 0 aliphatic heterocycles. The predicted molar refractivity (Wildman–Crippen MR) is 80.9 cm³/mol. The highest BCUT2D eigenvalue weighted by Crippen LogP contribution is 2.28. The second kappa shape index (κ2) is 6.13. The first-order valence-electron chi connectivity index (χ1n) is 6.93. The van der Waals surface area contributed by atoms with E-state index in [2.05, 4.69) is 5.32 Å². The van der Waals surface area contributed by atoms with E-state index in [1.807, 2.05) is 6.07 Å². The molecule has 1 aromatic carbocycles. The van der Waals surface area contributed by atoms with Gasteiger partial charge < -0.3 is 20.7 Å². The SMILES string of the molecule is COC1CCCC1Nc1ccc(C(=O)N(C)C)cc1N. The van der Waals surface area contributed by atoms with E-state index in [4.69, 9.17) is 10.5 Å². The molecule has 1 fully saturated rings. The van der Waals surface area contributed by atoms with E-state index < -0.39 is 0 Å². The Morgan fingerprint density at radius 2 is 2.15 bits per heavy atom. The van der Waals surface area contributed by atoms with Crippen LogP contribution in [0.2, 0.25) is 0 Å². The number of benzene rings is 1. The van der Waals surface area contributed by atoms with Crippen LogP contribution in [0.25, 0.3) is 0 Å².